The number of hydrogen-bond donors (Lipinski definition) is 1. The summed E-state index contributed by atoms with van der Waals surface area (Å²) < 4.78 is 2.20. The highest BCUT2D eigenvalue weighted by Gasteiger charge is 1.88. The first-order valence-electron chi connectivity index (χ1n) is 4.24. The summed E-state index contributed by atoms with van der Waals surface area (Å²) in [7, 11) is 0. The molecule has 0 saturated carbocycles. The lowest BCUT2D eigenvalue weighted by molar-refractivity contribution is 0.593. The summed E-state index contributed by atoms with van der Waals surface area (Å²) in [4.78, 5) is 0. The second-order valence-electron chi connectivity index (χ2n) is 2.77. The molecule has 0 atom stereocenters. The molecule has 2 heteroatoms. The quantitative estimate of drug-likeness (QED) is 0.638. The highest BCUT2D eigenvalue weighted by Crippen LogP contribution is 1.98. The molecule has 0 radical (unpaired) electrons. The molecular weight excluding hydrogens is 136 g/mol. The topological polar surface area (TPSA) is 30.9 Å². The first-order chi connectivity index (χ1) is 5.43. The van der Waals surface area contributed by atoms with Gasteiger partial charge < -0.3 is 10.3 Å². The first kappa shape index (κ1) is 8.34. The fourth-order valence-corrected chi connectivity index (χ4v) is 1.13. The molecule has 11 heavy (non-hydrogen) atoms. The number of nitrogens with zero attached hydrogens (tertiary/aromatic N) is 1. The van der Waals surface area contributed by atoms with Gasteiger partial charge in [0.05, 0.1) is 0 Å². The van der Waals surface area contributed by atoms with Crippen molar-refractivity contribution in [3.8, 4) is 0 Å². The number of unbranched alkanes of at least 4 members (excludes halogenated alkanes) is 2. The molecule has 0 aliphatic carbocycles. The van der Waals surface area contributed by atoms with Gasteiger partial charge in [0.1, 0.15) is 0 Å². The van der Waals surface area contributed by atoms with E-state index >= 15 is 0 Å². The molecule has 2 N–H and O–H groups in total. The minimum Gasteiger partial charge on any atom is -0.354 e. The summed E-state index contributed by atoms with van der Waals surface area (Å²) in [6, 6.07) is 4.12. The standard InChI is InChI=1S/C9H16N2/c10-6-2-1-3-7-11-8-4-5-9-11/h4-5,8-9H,1-3,6-7,10H2. The van der Waals surface area contributed by atoms with Gasteiger partial charge in [-0.05, 0) is 31.5 Å². The van der Waals surface area contributed by atoms with Crippen LogP contribution in [0.3, 0.4) is 0 Å². The largest absolute Gasteiger partial charge is 0.354 e. The lowest BCUT2D eigenvalue weighted by Crippen LogP contribution is -1.99. The fourth-order valence-electron chi connectivity index (χ4n) is 1.13. The van der Waals surface area contributed by atoms with Gasteiger partial charge >= 0.3 is 0 Å². The predicted octanol–water partition coefficient (Wildman–Crippen LogP) is 1.62. The Balaban J connectivity index is 2.04. The number of rotatable bonds is 5. The van der Waals surface area contributed by atoms with E-state index in [9.17, 15) is 0 Å². The van der Waals surface area contributed by atoms with Gasteiger partial charge in [-0.2, -0.15) is 0 Å². The molecule has 0 unspecified atom stereocenters. The van der Waals surface area contributed by atoms with Crippen LogP contribution in [-0.2, 0) is 6.54 Å². The molecule has 0 saturated heterocycles. The van der Waals surface area contributed by atoms with E-state index in [2.05, 4.69) is 29.1 Å². The molecule has 0 bridgehead atoms. The maximum atomic E-state index is 5.38. The summed E-state index contributed by atoms with van der Waals surface area (Å²) in [5.74, 6) is 0. The van der Waals surface area contributed by atoms with Gasteiger partial charge in [-0.25, -0.2) is 0 Å². The second kappa shape index (κ2) is 4.97. The SMILES string of the molecule is NCCCCCn1cccc1. The van der Waals surface area contributed by atoms with Gasteiger partial charge in [0, 0.05) is 18.9 Å². The van der Waals surface area contributed by atoms with E-state index in [0.717, 1.165) is 19.5 Å². The lowest BCUT2D eigenvalue weighted by Gasteiger charge is -2.00. The lowest BCUT2D eigenvalue weighted by atomic mass is 10.2. The normalized spacial score (nSPS) is 10.3. The summed E-state index contributed by atoms with van der Waals surface area (Å²) >= 11 is 0. The molecule has 0 amide bonds. The molecule has 0 aliphatic rings. The monoisotopic (exact) mass is 152 g/mol. The fraction of sp³-hybridized carbons (Fsp3) is 0.556. The van der Waals surface area contributed by atoms with Crippen molar-refractivity contribution in [2.45, 2.75) is 25.8 Å². The molecule has 0 aromatic carbocycles. The Labute approximate surface area is 68.0 Å². The van der Waals surface area contributed by atoms with Crippen molar-refractivity contribution in [2.75, 3.05) is 6.54 Å². The van der Waals surface area contributed by atoms with Gasteiger partial charge in [0.2, 0.25) is 0 Å². The molecule has 0 aliphatic heterocycles. The van der Waals surface area contributed by atoms with Crippen molar-refractivity contribution >= 4 is 0 Å². The van der Waals surface area contributed by atoms with E-state index in [1.807, 2.05) is 0 Å². The molecule has 62 valence electrons. The number of hydrogen-bond acceptors (Lipinski definition) is 1. The zero-order valence-electron chi connectivity index (χ0n) is 6.87. The Hall–Kier alpha value is -0.760. The van der Waals surface area contributed by atoms with E-state index in [4.69, 9.17) is 5.73 Å². The zero-order chi connectivity index (χ0) is 7.94. The van der Waals surface area contributed by atoms with E-state index in [-0.39, 0.29) is 0 Å². The van der Waals surface area contributed by atoms with Crippen LogP contribution in [0, 0.1) is 0 Å². The molecular formula is C9H16N2. The van der Waals surface area contributed by atoms with Gasteiger partial charge in [-0.3, -0.25) is 0 Å². The zero-order valence-corrected chi connectivity index (χ0v) is 6.87. The summed E-state index contributed by atoms with van der Waals surface area (Å²) in [5, 5.41) is 0. The van der Waals surface area contributed by atoms with Crippen molar-refractivity contribution in [1.29, 1.82) is 0 Å². The predicted molar refractivity (Wildman–Crippen MR) is 47.3 cm³/mol. The highest BCUT2D eigenvalue weighted by molar-refractivity contribution is 4.89. The summed E-state index contributed by atoms with van der Waals surface area (Å²) in [5.41, 5.74) is 5.38. The van der Waals surface area contributed by atoms with Crippen LogP contribution >= 0.6 is 0 Å². The smallest absolute Gasteiger partial charge is 0.0219 e. The van der Waals surface area contributed by atoms with Gasteiger partial charge in [-0.15, -0.1) is 0 Å². The van der Waals surface area contributed by atoms with E-state index in [1.165, 1.54) is 12.8 Å². The maximum Gasteiger partial charge on any atom is 0.0219 e. The molecule has 1 aromatic heterocycles. The van der Waals surface area contributed by atoms with Crippen LogP contribution in [0.5, 0.6) is 0 Å². The molecule has 0 spiro atoms. The molecule has 1 rings (SSSR count). The number of aryl methyl sites for hydroxylation is 1. The van der Waals surface area contributed by atoms with E-state index in [0.29, 0.717) is 0 Å². The van der Waals surface area contributed by atoms with Gasteiger partial charge in [-0.1, -0.05) is 6.42 Å². The molecule has 1 heterocycles. The van der Waals surface area contributed by atoms with Crippen LogP contribution < -0.4 is 5.73 Å². The maximum absolute atomic E-state index is 5.38. The van der Waals surface area contributed by atoms with E-state index < -0.39 is 0 Å². The Kier molecular flexibility index (Phi) is 3.76. The third-order valence-corrected chi connectivity index (χ3v) is 1.79. The second-order valence-corrected chi connectivity index (χ2v) is 2.77. The highest BCUT2D eigenvalue weighted by atomic mass is 14.9. The Morgan fingerprint density at radius 2 is 1.73 bits per heavy atom. The minimum absolute atomic E-state index is 0.825. The average Bonchev–Trinajstić information content (AvgIpc) is 2.50. The third kappa shape index (κ3) is 3.23. The molecule has 2 nitrogen and oxygen atoms in total. The molecule has 1 aromatic rings. The number of aromatic nitrogens is 1. The van der Waals surface area contributed by atoms with Crippen LogP contribution in [0.1, 0.15) is 19.3 Å². The minimum atomic E-state index is 0.825. The Bertz CT molecular complexity index is 168. The first-order valence-corrected chi connectivity index (χ1v) is 4.24. The number of nitrogens with two attached hydrogens (primary N) is 1. The van der Waals surface area contributed by atoms with E-state index in [1.54, 1.807) is 0 Å². The van der Waals surface area contributed by atoms with Crippen LogP contribution in [0.2, 0.25) is 0 Å². The van der Waals surface area contributed by atoms with Crippen molar-refractivity contribution in [1.82, 2.24) is 4.57 Å². The van der Waals surface area contributed by atoms with Gasteiger partial charge in [0.15, 0.2) is 0 Å². The average molecular weight is 152 g/mol. The summed E-state index contributed by atoms with van der Waals surface area (Å²) in [6.07, 6.45) is 7.84. The van der Waals surface area contributed by atoms with Crippen molar-refractivity contribution in [3.05, 3.63) is 24.5 Å². The van der Waals surface area contributed by atoms with Crippen LogP contribution in [0.4, 0.5) is 0 Å². The Morgan fingerprint density at radius 3 is 2.36 bits per heavy atom. The van der Waals surface area contributed by atoms with Crippen molar-refractivity contribution in [3.63, 3.8) is 0 Å². The van der Waals surface area contributed by atoms with Crippen molar-refractivity contribution in [2.24, 2.45) is 5.73 Å². The summed E-state index contributed by atoms with van der Waals surface area (Å²) in [6.45, 7) is 1.96. The van der Waals surface area contributed by atoms with Crippen LogP contribution in [0.25, 0.3) is 0 Å². The van der Waals surface area contributed by atoms with Crippen LogP contribution in [0.15, 0.2) is 24.5 Å². The van der Waals surface area contributed by atoms with Gasteiger partial charge in [0.25, 0.3) is 0 Å². The third-order valence-electron chi connectivity index (χ3n) is 1.79. The molecule has 0 fully saturated rings. The van der Waals surface area contributed by atoms with Crippen molar-refractivity contribution < 1.29 is 0 Å². The Morgan fingerprint density at radius 1 is 1.00 bits per heavy atom. The van der Waals surface area contributed by atoms with Crippen LogP contribution in [-0.4, -0.2) is 11.1 Å².